The van der Waals surface area contributed by atoms with Crippen LogP contribution in [0.1, 0.15) is 27.2 Å². The highest BCUT2D eigenvalue weighted by atomic mass is 16.6. The van der Waals surface area contributed by atoms with Gasteiger partial charge in [0, 0.05) is 50.0 Å². The van der Waals surface area contributed by atoms with Gasteiger partial charge in [-0.3, -0.25) is 19.6 Å². The van der Waals surface area contributed by atoms with Crippen LogP contribution in [0, 0.1) is 0 Å². The van der Waals surface area contributed by atoms with Crippen LogP contribution in [0.25, 0.3) is 10.9 Å². The smallest absolute Gasteiger partial charge is 0.418 e. The maximum atomic E-state index is 12.6. The Hall–Kier alpha value is -3.03. The van der Waals surface area contributed by atoms with Gasteiger partial charge in [0.05, 0.1) is 5.52 Å². The Morgan fingerprint density at radius 3 is 2.52 bits per heavy atom. The van der Waals surface area contributed by atoms with Crippen molar-refractivity contribution in [2.75, 3.05) is 30.4 Å². The van der Waals surface area contributed by atoms with Gasteiger partial charge in [-0.05, 0) is 39.0 Å². The number of rotatable bonds is 2. The molecule has 0 spiro atoms. The Kier molecular flexibility index (Phi) is 4.59. The zero-order chi connectivity index (χ0) is 19.9. The molecule has 3 rings (SSSR count). The second kappa shape index (κ2) is 6.61. The van der Waals surface area contributed by atoms with Gasteiger partial charge >= 0.3 is 12.1 Å². The van der Waals surface area contributed by atoms with Crippen molar-refractivity contribution in [3.63, 3.8) is 0 Å². The summed E-state index contributed by atoms with van der Waals surface area (Å²) < 4.78 is 6.92. The van der Waals surface area contributed by atoms with Crippen molar-refractivity contribution in [2.24, 2.45) is 0 Å². The number of carbonyl (C=O) groups excluding carboxylic acids is 3. The van der Waals surface area contributed by atoms with Crippen LogP contribution in [0.5, 0.6) is 0 Å². The number of anilines is 2. The molecule has 1 aliphatic rings. The first-order valence-electron chi connectivity index (χ1n) is 8.74. The highest BCUT2D eigenvalue weighted by Gasteiger charge is 2.26. The third kappa shape index (κ3) is 3.74. The van der Waals surface area contributed by atoms with E-state index in [9.17, 15) is 14.4 Å². The molecule has 1 aromatic heterocycles. The standard InChI is InChI=1S/C19H24N4O4/c1-19(2,3)27-18(26)23-8-6-13-14(21(4)5)10-12(11-15(13)23)22-9-7-16(24)20-17(22)25/h6,8,10-11H,7,9H2,1-5H3,(H,20,24,25). The summed E-state index contributed by atoms with van der Waals surface area (Å²) in [4.78, 5) is 39.7. The van der Waals surface area contributed by atoms with E-state index in [1.54, 1.807) is 12.3 Å². The average Bonchev–Trinajstić information content (AvgIpc) is 2.96. The Morgan fingerprint density at radius 1 is 1.22 bits per heavy atom. The molecule has 8 nitrogen and oxygen atoms in total. The summed E-state index contributed by atoms with van der Waals surface area (Å²) >= 11 is 0. The fourth-order valence-corrected chi connectivity index (χ4v) is 3.01. The van der Waals surface area contributed by atoms with Crippen LogP contribution in [-0.2, 0) is 9.53 Å². The normalized spacial score (nSPS) is 15.1. The van der Waals surface area contributed by atoms with Crippen molar-refractivity contribution < 1.29 is 19.1 Å². The van der Waals surface area contributed by atoms with Crippen molar-refractivity contribution in [1.29, 1.82) is 0 Å². The fraction of sp³-hybridized carbons (Fsp3) is 0.421. The maximum Gasteiger partial charge on any atom is 0.418 e. The predicted octanol–water partition coefficient (Wildman–Crippen LogP) is 2.94. The zero-order valence-electron chi connectivity index (χ0n) is 16.2. The summed E-state index contributed by atoms with van der Waals surface area (Å²) in [6, 6.07) is 5.02. The van der Waals surface area contributed by atoms with Gasteiger partial charge in [-0.15, -0.1) is 0 Å². The second-order valence-corrected chi connectivity index (χ2v) is 7.71. The number of hydrogen-bond donors (Lipinski definition) is 1. The van der Waals surface area contributed by atoms with E-state index in [1.165, 1.54) is 9.47 Å². The van der Waals surface area contributed by atoms with Crippen LogP contribution in [0.4, 0.5) is 21.0 Å². The number of imide groups is 1. The van der Waals surface area contributed by atoms with E-state index in [-0.39, 0.29) is 18.9 Å². The molecule has 27 heavy (non-hydrogen) atoms. The molecule has 1 aromatic carbocycles. The summed E-state index contributed by atoms with van der Waals surface area (Å²) in [5.74, 6) is -0.290. The first-order chi connectivity index (χ1) is 12.6. The quantitative estimate of drug-likeness (QED) is 0.876. The van der Waals surface area contributed by atoms with Crippen LogP contribution in [-0.4, -0.2) is 48.8 Å². The Morgan fingerprint density at radius 2 is 1.93 bits per heavy atom. The SMILES string of the molecule is CN(C)c1cc(N2CCC(=O)NC2=O)cc2c1ccn2C(=O)OC(C)(C)C. The van der Waals surface area contributed by atoms with Gasteiger partial charge in [0.2, 0.25) is 5.91 Å². The maximum absolute atomic E-state index is 12.6. The molecular formula is C19H24N4O4. The minimum atomic E-state index is -0.622. The molecule has 8 heteroatoms. The lowest BCUT2D eigenvalue weighted by molar-refractivity contribution is -0.120. The van der Waals surface area contributed by atoms with Crippen LogP contribution >= 0.6 is 0 Å². The Bertz CT molecular complexity index is 924. The molecule has 0 bridgehead atoms. The first kappa shape index (κ1) is 18.8. The van der Waals surface area contributed by atoms with Gasteiger partial charge in [0.15, 0.2) is 0 Å². The minimum absolute atomic E-state index is 0.230. The number of carbonyl (C=O) groups is 3. The minimum Gasteiger partial charge on any atom is -0.443 e. The first-order valence-corrected chi connectivity index (χ1v) is 8.74. The van der Waals surface area contributed by atoms with E-state index in [0.29, 0.717) is 11.2 Å². The van der Waals surface area contributed by atoms with Crippen molar-refractivity contribution in [2.45, 2.75) is 32.8 Å². The molecule has 1 N–H and O–H groups in total. The molecule has 0 saturated carbocycles. The van der Waals surface area contributed by atoms with E-state index in [4.69, 9.17) is 4.74 Å². The molecule has 0 aliphatic carbocycles. The molecule has 144 valence electrons. The van der Waals surface area contributed by atoms with Crippen molar-refractivity contribution in [1.82, 2.24) is 9.88 Å². The van der Waals surface area contributed by atoms with Crippen LogP contribution in [0.15, 0.2) is 24.4 Å². The number of benzene rings is 1. The molecular weight excluding hydrogens is 348 g/mol. The summed E-state index contributed by atoms with van der Waals surface area (Å²) in [7, 11) is 3.78. The van der Waals surface area contributed by atoms with Gasteiger partial charge in [0.25, 0.3) is 0 Å². The lowest BCUT2D eigenvalue weighted by Gasteiger charge is -2.28. The third-order valence-corrected chi connectivity index (χ3v) is 4.21. The van der Waals surface area contributed by atoms with E-state index in [2.05, 4.69) is 5.32 Å². The van der Waals surface area contributed by atoms with E-state index in [0.717, 1.165) is 11.1 Å². The molecule has 0 radical (unpaired) electrons. The number of ether oxygens (including phenoxy) is 1. The molecule has 0 atom stereocenters. The van der Waals surface area contributed by atoms with E-state index >= 15 is 0 Å². The molecule has 1 fully saturated rings. The van der Waals surface area contributed by atoms with E-state index < -0.39 is 17.7 Å². The summed E-state index contributed by atoms with van der Waals surface area (Å²) in [5.41, 5.74) is 1.48. The number of amides is 3. The summed E-state index contributed by atoms with van der Waals surface area (Å²) in [6.07, 6.45) is 1.40. The van der Waals surface area contributed by atoms with Crippen LogP contribution in [0.2, 0.25) is 0 Å². The van der Waals surface area contributed by atoms with Crippen LogP contribution < -0.4 is 15.1 Å². The van der Waals surface area contributed by atoms with Gasteiger partial charge in [-0.2, -0.15) is 0 Å². The molecule has 2 heterocycles. The lowest BCUT2D eigenvalue weighted by atomic mass is 10.1. The third-order valence-electron chi connectivity index (χ3n) is 4.21. The zero-order valence-corrected chi connectivity index (χ0v) is 16.2. The van der Waals surface area contributed by atoms with E-state index in [1.807, 2.05) is 51.9 Å². The number of nitrogens with one attached hydrogen (secondary N) is 1. The number of aromatic nitrogens is 1. The molecule has 2 aromatic rings. The largest absolute Gasteiger partial charge is 0.443 e. The van der Waals surface area contributed by atoms with Crippen molar-refractivity contribution in [3.8, 4) is 0 Å². The predicted molar refractivity (Wildman–Crippen MR) is 103 cm³/mol. The molecule has 1 aliphatic heterocycles. The number of urea groups is 1. The van der Waals surface area contributed by atoms with Crippen molar-refractivity contribution >= 4 is 40.3 Å². The fourth-order valence-electron chi connectivity index (χ4n) is 3.01. The Labute approximate surface area is 157 Å². The van der Waals surface area contributed by atoms with Gasteiger partial charge in [-0.1, -0.05) is 0 Å². The number of nitrogens with zero attached hydrogens (tertiary/aromatic N) is 3. The highest BCUT2D eigenvalue weighted by molar-refractivity contribution is 6.08. The number of hydrogen-bond acceptors (Lipinski definition) is 5. The van der Waals surface area contributed by atoms with Gasteiger partial charge in [-0.25, -0.2) is 9.59 Å². The average molecular weight is 372 g/mol. The summed E-state index contributed by atoms with van der Waals surface area (Å²) in [6.45, 7) is 5.71. The molecule has 3 amide bonds. The van der Waals surface area contributed by atoms with Gasteiger partial charge in [0.1, 0.15) is 5.60 Å². The Balaban J connectivity index is 2.11. The molecule has 1 saturated heterocycles. The van der Waals surface area contributed by atoms with Gasteiger partial charge < -0.3 is 9.64 Å². The van der Waals surface area contributed by atoms with Crippen molar-refractivity contribution in [3.05, 3.63) is 24.4 Å². The highest BCUT2D eigenvalue weighted by Crippen LogP contribution is 2.33. The summed E-state index contributed by atoms with van der Waals surface area (Å²) in [5, 5.41) is 3.19. The molecule has 0 unspecified atom stereocenters. The second-order valence-electron chi connectivity index (χ2n) is 7.71. The lowest BCUT2D eigenvalue weighted by Crippen LogP contribution is -2.49. The topological polar surface area (TPSA) is 83.9 Å². The van der Waals surface area contributed by atoms with Crippen LogP contribution in [0.3, 0.4) is 0 Å². The number of fused-ring (bicyclic) bond motifs is 1. The monoisotopic (exact) mass is 372 g/mol.